The normalized spacial score (nSPS) is 13.8. The number of nitriles is 1. The molecule has 0 radical (unpaired) electrons. The van der Waals surface area contributed by atoms with Crippen LogP contribution in [0.3, 0.4) is 0 Å². The van der Waals surface area contributed by atoms with E-state index in [1.165, 1.54) is 24.6 Å². The molecule has 0 saturated heterocycles. The molecule has 0 saturated carbocycles. The lowest BCUT2D eigenvalue weighted by molar-refractivity contribution is 0.0949. The zero-order chi connectivity index (χ0) is 12.8. The van der Waals surface area contributed by atoms with Crippen LogP contribution < -0.4 is 5.32 Å². The van der Waals surface area contributed by atoms with Crippen LogP contribution in [0.15, 0.2) is 30.0 Å². The van der Waals surface area contributed by atoms with Crippen LogP contribution in [0.2, 0.25) is 0 Å². The van der Waals surface area contributed by atoms with Crippen molar-refractivity contribution in [3.8, 4) is 6.07 Å². The molecule has 1 heterocycles. The van der Waals surface area contributed by atoms with Gasteiger partial charge in [0.1, 0.15) is 11.8 Å². The zero-order valence-corrected chi connectivity index (χ0v) is 10.1. The topological polar surface area (TPSA) is 65.8 Å². The molecule has 1 N–H and O–H groups in total. The number of hydrogen-bond donors (Lipinski definition) is 1. The fourth-order valence-corrected chi connectivity index (χ4v) is 1.99. The van der Waals surface area contributed by atoms with Crippen molar-refractivity contribution in [1.29, 1.82) is 5.26 Å². The molecule has 1 aromatic rings. The van der Waals surface area contributed by atoms with Gasteiger partial charge in [0.15, 0.2) is 0 Å². The number of hydrogen-bond acceptors (Lipinski definition) is 3. The minimum Gasteiger partial charge on any atom is -0.350 e. The Morgan fingerprint density at radius 2 is 2.39 bits per heavy atom. The highest BCUT2D eigenvalue weighted by atomic mass is 16.1. The van der Waals surface area contributed by atoms with Crippen LogP contribution in [-0.2, 0) is 0 Å². The van der Waals surface area contributed by atoms with E-state index in [0.29, 0.717) is 17.8 Å². The summed E-state index contributed by atoms with van der Waals surface area (Å²) in [7, 11) is 0. The molecule has 0 bridgehead atoms. The van der Waals surface area contributed by atoms with Crippen LogP contribution in [0.5, 0.6) is 0 Å². The Balaban J connectivity index is 1.81. The summed E-state index contributed by atoms with van der Waals surface area (Å²) in [6, 6.07) is 5.14. The fraction of sp³-hybridized carbons (Fsp3) is 0.357. The molecular weight excluding hydrogens is 226 g/mol. The highest BCUT2D eigenvalue weighted by molar-refractivity contribution is 5.92. The molecule has 4 heteroatoms. The molecule has 18 heavy (non-hydrogen) atoms. The number of nitrogens with one attached hydrogen (secondary N) is 1. The molecule has 0 aromatic carbocycles. The first-order valence-corrected chi connectivity index (χ1v) is 6.12. The fourth-order valence-electron chi connectivity index (χ4n) is 1.99. The van der Waals surface area contributed by atoms with E-state index < -0.39 is 0 Å². The van der Waals surface area contributed by atoms with Crippen molar-refractivity contribution >= 4 is 5.91 Å². The van der Waals surface area contributed by atoms with Crippen LogP contribution in [0.4, 0.5) is 0 Å². The third kappa shape index (κ3) is 3.17. The number of nitrogens with zero attached hydrogens (tertiary/aromatic N) is 2. The molecule has 0 atom stereocenters. The number of carbonyl (C=O) groups is 1. The van der Waals surface area contributed by atoms with Gasteiger partial charge < -0.3 is 5.32 Å². The highest BCUT2D eigenvalue weighted by Gasteiger charge is 2.08. The molecule has 0 spiro atoms. The standard InChI is InChI=1S/C14H15N3O/c15-9-12-5-6-13(17-10-12)14(18)16-8-7-11-3-1-2-4-11/h3,5-6,10H,1-2,4,7-8H2,(H,16,18). The monoisotopic (exact) mass is 241 g/mol. The largest absolute Gasteiger partial charge is 0.350 e. The summed E-state index contributed by atoms with van der Waals surface area (Å²) in [6.07, 6.45) is 8.15. The van der Waals surface area contributed by atoms with Gasteiger partial charge in [-0.05, 0) is 37.8 Å². The van der Waals surface area contributed by atoms with E-state index in [1.807, 2.05) is 6.07 Å². The molecule has 1 aliphatic carbocycles. The van der Waals surface area contributed by atoms with E-state index in [4.69, 9.17) is 5.26 Å². The zero-order valence-electron chi connectivity index (χ0n) is 10.1. The Labute approximate surface area is 106 Å². The summed E-state index contributed by atoms with van der Waals surface area (Å²) in [4.78, 5) is 15.7. The van der Waals surface area contributed by atoms with E-state index in [1.54, 1.807) is 12.1 Å². The predicted octanol–water partition coefficient (Wildman–Crippen LogP) is 2.18. The number of rotatable bonds is 4. The lowest BCUT2D eigenvalue weighted by atomic mass is 10.1. The Bertz CT molecular complexity index is 497. The Hall–Kier alpha value is -2.15. The summed E-state index contributed by atoms with van der Waals surface area (Å²) in [5, 5.41) is 11.5. The van der Waals surface area contributed by atoms with E-state index >= 15 is 0 Å². The van der Waals surface area contributed by atoms with Crippen molar-refractivity contribution in [3.05, 3.63) is 41.2 Å². The average Bonchev–Trinajstić information content (AvgIpc) is 2.92. The Morgan fingerprint density at radius 1 is 1.50 bits per heavy atom. The quantitative estimate of drug-likeness (QED) is 0.822. The third-order valence-corrected chi connectivity index (χ3v) is 2.99. The number of aromatic nitrogens is 1. The SMILES string of the molecule is N#Cc1ccc(C(=O)NCCC2=CCCC2)nc1. The second kappa shape index (κ2) is 5.97. The summed E-state index contributed by atoms with van der Waals surface area (Å²) >= 11 is 0. The van der Waals surface area contributed by atoms with Gasteiger partial charge in [-0.25, -0.2) is 4.98 Å². The second-order valence-electron chi connectivity index (χ2n) is 4.30. The predicted molar refractivity (Wildman–Crippen MR) is 67.8 cm³/mol. The first-order valence-electron chi connectivity index (χ1n) is 6.12. The van der Waals surface area contributed by atoms with Crippen molar-refractivity contribution in [1.82, 2.24) is 10.3 Å². The molecule has 1 aliphatic rings. The molecule has 4 nitrogen and oxygen atoms in total. The van der Waals surface area contributed by atoms with Gasteiger partial charge in [0.05, 0.1) is 5.56 Å². The molecule has 1 amide bonds. The number of carbonyl (C=O) groups excluding carboxylic acids is 1. The van der Waals surface area contributed by atoms with Crippen molar-refractivity contribution < 1.29 is 4.79 Å². The van der Waals surface area contributed by atoms with Gasteiger partial charge in [-0.1, -0.05) is 11.6 Å². The number of allylic oxidation sites excluding steroid dienone is 1. The van der Waals surface area contributed by atoms with Crippen LogP contribution in [-0.4, -0.2) is 17.4 Å². The maximum Gasteiger partial charge on any atom is 0.269 e. The van der Waals surface area contributed by atoms with Gasteiger partial charge in [0.2, 0.25) is 0 Å². The van der Waals surface area contributed by atoms with Crippen LogP contribution >= 0.6 is 0 Å². The van der Waals surface area contributed by atoms with Crippen molar-refractivity contribution in [3.63, 3.8) is 0 Å². The van der Waals surface area contributed by atoms with Gasteiger partial charge in [-0.2, -0.15) is 5.26 Å². The van der Waals surface area contributed by atoms with Gasteiger partial charge >= 0.3 is 0 Å². The lowest BCUT2D eigenvalue weighted by Gasteiger charge is -2.05. The summed E-state index contributed by atoms with van der Waals surface area (Å²) in [6.45, 7) is 0.645. The number of pyridine rings is 1. The molecule has 0 unspecified atom stereocenters. The first kappa shape index (κ1) is 12.3. The smallest absolute Gasteiger partial charge is 0.269 e. The van der Waals surface area contributed by atoms with Crippen LogP contribution in [0.1, 0.15) is 41.7 Å². The van der Waals surface area contributed by atoms with Crippen molar-refractivity contribution in [2.75, 3.05) is 6.54 Å². The Kier molecular flexibility index (Phi) is 4.08. The van der Waals surface area contributed by atoms with E-state index in [9.17, 15) is 4.79 Å². The molecule has 2 rings (SSSR count). The number of amides is 1. The summed E-state index contributed by atoms with van der Waals surface area (Å²) in [5.74, 6) is -0.182. The van der Waals surface area contributed by atoms with Crippen LogP contribution in [0, 0.1) is 11.3 Å². The molecule has 0 fully saturated rings. The highest BCUT2D eigenvalue weighted by Crippen LogP contribution is 2.19. The van der Waals surface area contributed by atoms with E-state index in [0.717, 1.165) is 12.8 Å². The lowest BCUT2D eigenvalue weighted by Crippen LogP contribution is -2.25. The van der Waals surface area contributed by atoms with E-state index in [2.05, 4.69) is 16.4 Å². The third-order valence-electron chi connectivity index (χ3n) is 2.99. The van der Waals surface area contributed by atoms with Gasteiger partial charge in [-0.15, -0.1) is 0 Å². The van der Waals surface area contributed by atoms with Gasteiger partial charge in [0, 0.05) is 12.7 Å². The second-order valence-corrected chi connectivity index (χ2v) is 4.30. The molecular formula is C14H15N3O. The maximum absolute atomic E-state index is 11.7. The molecule has 0 aliphatic heterocycles. The average molecular weight is 241 g/mol. The van der Waals surface area contributed by atoms with Gasteiger partial charge in [-0.3, -0.25) is 4.79 Å². The minimum absolute atomic E-state index is 0.182. The van der Waals surface area contributed by atoms with Crippen LogP contribution in [0.25, 0.3) is 0 Å². The molecule has 92 valence electrons. The van der Waals surface area contributed by atoms with Crippen molar-refractivity contribution in [2.45, 2.75) is 25.7 Å². The maximum atomic E-state index is 11.7. The summed E-state index contributed by atoms with van der Waals surface area (Å²) < 4.78 is 0. The minimum atomic E-state index is -0.182. The Morgan fingerprint density at radius 3 is 3.00 bits per heavy atom. The first-order chi connectivity index (χ1) is 8.79. The molecule has 1 aromatic heterocycles. The van der Waals surface area contributed by atoms with E-state index in [-0.39, 0.29) is 5.91 Å². The van der Waals surface area contributed by atoms with Crippen molar-refractivity contribution in [2.24, 2.45) is 0 Å². The van der Waals surface area contributed by atoms with Gasteiger partial charge in [0.25, 0.3) is 5.91 Å². The summed E-state index contributed by atoms with van der Waals surface area (Å²) in [5.41, 5.74) is 2.25.